The Morgan fingerprint density at radius 3 is 2.77 bits per heavy atom. The number of fused-ring (bicyclic) bond motifs is 2. The molecule has 0 radical (unpaired) electrons. The fraction of sp³-hybridized carbons (Fsp3) is 0.421. The number of nitrogens with zero attached hydrogens (tertiary/aromatic N) is 1. The van der Waals surface area contributed by atoms with Crippen LogP contribution in [0.1, 0.15) is 19.3 Å². The standard InChI is InChI=1S/C19H20N2O4S/c1-24-14-4-2-3-5-15(14)25-17(22)10-16-18(23)21-19(26-16)20-13-9-11-6-7-12(13)8-11/h2-7,11-13,16H,8-10H2,1H3,(H,20,21,23). The summed E-state index contributed by atoms with van der Waals surface area (Å²) in [7, 11) is 1.51. The highest BCUT2D eigenvalue weighted by atomic mass is 32.2. The Hall–Kier alpha value is -2.28. The molecule has 136 valence electrons. The Kier molecular flexibility index (Phi) is 4.72. The molecule has 1 heterocycles. The molecule has 0 spiro atoms. The van der Waals surface area contributed by atoms with Crippen LogP contribution in [0.5, 0.6) is 11.5 Å². The van der Waals surface area contributed by atoms with Crippen molar-refractivity contribution < 1.29 is 19.1 Å². The van der Waals surface area contributed by atoms with Gasteiger partial charge >= 0.3 is 5.97 Å². The van der Waals surface area contributed by atoms with Crippen LogP contribution in [-0.4, -0.2) is 35.4 Å². The molecule has 1 amide bonds. The van der Waals surface area contributed by atoms with Gasteiger partial charge in [-0.05, 0) is 36.8 Å². The lowest BCUT2D eigenvalue weighted by Gasteiger charge is -2.13. The van der Waals surface area contributed by atoms with Crippen molar-refractivity contribution in [2.24, 2.45) is 16.8 Å². The molecule has 2 aliphatic carbocycles. The number of allylic oxidation sites excluding steroid dienone is 1. The SMILES string of the molecule is COc1ccccc1OC(=O)CC1SC(=NC2CC3C=CC2C3)NC1=O. The molecular weight excluding hydrogens is 352 g/mol. The molecule has 7 heteroatoms. The minimum atomic E-state index is -0.509. The number of rotatable bonds is 5. The lowest BCUT2D eigenvalue weighted by atomic mass is 10.0. The number of hydrogen-bond donors (Lipinski definition) is 1. The fourth-order valence-electron chi connectivity index (χ4n) is 3.67. The van der Waals surface area contributed by atoms with Crippen molar-refractivity contribution in [1.82, 2.24) is 5.32 Å². The molecule has 26 heavy (non-hydrogen) atoms. The molecule has 1 N–H and O–H groups in total. The molecular formula is C19H20N2O4S. The van der Waals surface area contributed by atoms with Gasteiger partial charge in [0.05, 0.1) is 19.6 Å². The quantitative estimate of drug-likeness (QED) is 0.488. The van der Waals surface area contributed by atoms with Gasteiger partial charge < -0.3 is 14.8 Å². The first kappa shape index (κ1) is 17.1. The van der Waals surface area contributed by atoms with Crippen LogP contribution in [0.25, 0.3) is 0 Å². The van der Waals surface area contributed by atoms with E-state index in [1.165, 1.54) is 18.9 Å². The van der Waals surface area contributed by atoms with E-state index in [9.17, 15) is 9.59 Å². The van der Waals surface area contributed by atoms with E-state index in [0.717, 1.165) is 12.8 Å². The van der Waals surface area contributed by atoms with Gasteiger partial charge in [0, 0.05) is 0 Å². The lowest BCUT2D eigenvalue weighted by molar-refractivity contribution is -0.136. The number of carbonyl (C=O) groups excluding carboxylic acids is 2. The maximum absolute atomic E-state index is 12.2. The third-order valence-corrected chi connectivity index (χ3v) is 6.04. The van der Waals surface area contributed by atoms with Crippen molar-refractivity contribution in [2.75, 3.05) is 7.11 Å². The summed E-state index contributed by atoms with van der Waals surface area (Å²) in [5.74, 6) is 1.29. The van der Waals surface area contributed by atoms with Gasteiger partial charge in [0.1, 0.15) is 5.25 Å². The molecule has 3 aliphatic rings. The summed E-state index contributed by atoms with van der Waals surface area (Å²) in [6.07, 6.45) is 6.69. The Labute approximate surface area is 156 Å². The second-order valence-corrected chi connectivity index (χ2v) is 7.90. The zero-order valence-corrected chi connectivity index (χ0v) is 15.2. The van der Waals surface area contributed by atoms with Gasteiger partial charge in [-0.2, -0.15) is 0 Å². The Morgan fingerprint density at radius 2 is 2.08 bits per heavy atom. The summed E-state index contributed by atoms with van der Waals surface area (Å²) in [5.41, 5.74) is 0. The van der Waals surface area contributed by atoms with Crippen LogP contribution in [0.4, 0.5) is 0 Å². The van der Waals surface area contributed by atoms with E-state index in [4.69, 9.17) is 14.5 Å². The number of nitrogens with one attached hydrogen (secondary N) is 1. The summed E-state index contributed by atoms with van der Waals surface area (Å²) in [6, 6.07) is 7.18. The van der Waals surface area contributed by atoms with E-state index in [0.29, 0.717) is 28.5 Å². The molecule has 4 rings (SSSR count). The maximum Gasteiger partial charge on any atom is 0.312 e. The number of aliphatic imine (C=N–C) groups is 1. The first-order chi connectivity index (χ1) is 12.6. The van der Waals surface area contributed by atoms with Crippen molar-refractivity contribution in [3.05, 3.63) is 36.4 Å². The highest BCUT2D eigenvalue weighted by Gasteiger charge is 2.38. The molecule has 1 aromatic rings. The average Bonchev–Trinajstić information content (AvgIpc) is 3.32. The molecule has 1 aliphatic heterocycles. The van der Waals surface area contributed by atoms with Gasteiger partial charge in [-0.3, -0.25) is 14.6 Å². The van der Waals surface area contributed by atoms with Crippen molar-refractivity contribution in [1.29, 1.82) is 0 Å². The van der Waals surface area contributed by atoms with E-state index in [1.54, 1.807) is 24.3 Å². The number of hydrogen-bond acceptors (Lipinski definition) is 6. The first-order valence-electron chi connectivity index (χ1n) is 8.69. The minimum Gasteiger partial charge on any atom is -0.493 e. The zero-order valence-electron chi connectivity index (χ0n) is 14.4. The van der Waals surface area contributed by atoms with Crippen LogP contribution in [-0.2, 0) is 9.59 Å². The van der Waals surface area contributed by atoms with E-state index in [1.807, 2.05) is 0 Å². The molecule has 1 saturated carbocycles. The topological polar surface area (TPSA) is 77.0 Å². The predicted molar refractivity (Wildman–Crippen MR) is 99.3 cm³/mol. The number of esters is 1. The van der Waals surface area contributed by atoms with Gasteiger partial charge in [-0.15, -0.1) is 0 Å². The highest BCUT2D eigenvalue weighted by molar-refractivity contribution is 8.15. The van der Waals surface area contributed by atoms with Crippen molar-refractivity contribution >= 4 is 28.8 Å². The second-order valence-electron chi connectivity index (χ2n) is 6.71. The van der Waals surface area contributed by atoms with Gasteiger partial charge in [-0.1, -0.05) is 36.0 Å². The van der Waals surface area contributed by atoms with Crippen LogP contribution in [0, 0.1) is 11.8 Å². The molecule has 2 bridgehead atoms. The third kappa shape index (κ3) is 3.49. The third-order valence-electron chi connectivity index (χ3n) is 4.95. The number of carbonyl (C=O) groups is 2. The Balaban J connectivity index is 1.36. The molecule has 4 unspecified atom stereocenters. The largest absolute Gasteiger partial charge is 0.493 e. The molecule has 2 fully saturated rings. The number of thioether (sulfide) groups is 1. The number of amidine groups is 1. The smallest absolute Gasteiger partial charge is 0.312 e. The Morgan fingerprint density at radius 1 is 1.27 bits per heavy atom. The van der Waals surface area contributed by atoms with Crippen molar-refractivity contribution in [3.8, 4) is 11.5 Å². The highest BCUT2D eigenvalue weighted by Crippen LogP contribution is 2.41. The van der Waals surface area contributed by atoms with Crippen molar-refractivity contribution in [2.45, 2.75) is 30.6 Å². The molecule has 4 atom stereocenters. The fourth-order valence-corrected chi connectivity index (χ4v) is 4.68. The van der Waals surface area contributed by atoms with E-state index >= 15 is 0 Å². The maximum atomic E-state index is 12.2. The monoisotopic (exact) mass is 372 g/mol. The van der Waals surface area contributed by atoms with Crippen LogP contribution in [0.15, 0.2) is 41.4 Å². The van der Waals surface area contributed by atoms with Gasteiger partial charge in [0.2, 0.25) is 5.91 Å². The number of para-hydroxylation sites is 2. The van der Waals surface area contributed by atoms with E-state index in [2.05, 4.69) is 17.5 Å². The number of methoxy groups -OCH3 is 1. The van der Waals surface area contributed by atoms with Crippen LogP contribution in [0.3, 0.4) is 0 Å². The molecule has 6 nitrogen and oxygen atoms in total. The van der Waals surface area contributed by atoms with Crippen molar-refractivity contribution in [3.63, 3.8) is 0 Å². The lowest BCUT2D eigenvalue weighted by Crippen LogP contribution is -2.28. The normalized spacial score (nSPS) is 30.7. The van der Waals surface area contributed by atoms with E-state index in [-0.39, 0.29) is 18.4 Å². The number of benzene rings is 1. The van der Waals surface area contributed by atoms with Gasteiger partial charge in [-0.25, -0.2) is 0 Å². The summed E-state index contributed by atoms with van der Waals surface area (Å²) in [4.78, 5) is 29.1. The summed E-state index contributed by atoms with van der Waals surface area (Å²) >= 11 is 1.31. The first-order valence-corrected chi connectivity index (χ1v) is 9.57. The summed E-state index contributed by atoms with van der Waals surface area (Å²) < 4.78 is 10.5. The van der Waals surface area contributed by atoms with Gasteiger partial charge in [0.15, 0.2) is 16.7 Å². The molecule has 0 aromatic heterocycles. The predicted octanol–water partition coefficient (Wildman–Crippen LogP) is 2.54. The second kappa shape index (κ2) is 7.15. The number of ether oxygens (including phenoxy) is 2. The average molecular weight is 372 g/mol. The minimum absolute atomic E-state index is 0.00973. The zero-order chi connectivity index (χ0) is 18.1. The summed E-state index contributed by atoms with van der Waals surface area (Å²) in [5, 5.41) is 2.91. The van der Waals surface area contributed by atoms with Crippen LogP contribution >= 0.6 is 11.8 Å². The van der Waals surface area contributed by atoms with Gasteiger partial charge in [0.25, 0.3) is 0 Å². The van der Waals surface area contributed by atoms with E-state index < -0.39 is 11.2 Å². The number of amides is 1. The van der Waals surface area contributed by atoms with Crippen LogP contribution in [0.2, 0.25) is 0 Å². The molecule has 1 aromatic carbocycles. The van der Waals surface area contributed by atoms with Crippen LogP contribution < -0.4 is 14.8 Å². The summed E-state index contributed by atoms with van der Waals surface area (Å²) in [6.45, 7) is 0. The Bertz CT molecular complexity index is 791. The molecule has 1 saturated heterocycles.